The first-order valence-electron chi connectivity index (χ1n) is 27.0. The second-order valence-corrected chi connectivity index (χ2v) is 23.2. The van der Waals surface area contributed by atoms with Crippen LogP contribution < -0.4 is 35.9 Å². The molecule has 25 heteroatoms. The van der Waals surface area contributed by atoms with Gasteiger partial charge < -0.3 is 44.6 Å². The summed E-state index contributed by atoms with van der Waals surface area (Å²) in [4.78, 5) is 91.7. The van der Waals surface area contributed by atoms with Gasteiger partial charge in [-0.05, 0) is 80.0 Å². The van der Waals surface area contributed by atoms with Crippen molar-refractivity contribution in [3.8, 4) is 33.7 Å². The van der Waals surface area contributed by atoms with Crippen molar-refractivity contribution in [2.45, 2.75) is 110 Å². The van der Waals surface area contributed by atoms with Crippen molar-refractivity contribution in [2.75, 3.05) is 38.8 Å². The van der Waals surface area contributed by atoms with Crippen LogP contribution in [0.25, 0.3) is 21.8 Å². The van der Waals surface area contributed by atoms with E-state index in [0.29, 0.717) is 66.6 Å². The first-order chi connectivity index (χ1) is 39.3. The number of aliphatic hydroxyl groups excluding tert-OH is 1. The molecule has 1 saturated heterocycles. The largest absolute Gasteiger partial charge is 0.480 e. The van der Waals surface area contributed by atoms with Crippen LogP contribution >= 0.6 is 34.5 Å². The second-order valence-electron chi connectivity index (χ2n) is 21.5. The summed E-state index contributed by atoms with van der Waals surface area (Å²) in [6, 6.07) is 13.9. The Labute approximate surface area is 488 Å². The zero-order valence-electron chi connectivity index (χ0n) is 46.9. The molecule has 2 aromatic carbocycles. The number of methoxy groups -OCH3 is 2. The Kier molecular flexibility index (Phi) is 18.2. The number of anilines is 1. The number of amides is 4. The number of aryl methyl sites for hydroxylation is 3. The van der Waals surface area contributed by atoms with Gasteiger partial charge >= 0.3 is 6.01 Å². The normalized spacial score (nSPS) is 16.8. The Balaban J connectivity index is 0.798. The Bertz CT molecular complexity index is 3520. The number of hydrogen-bond donors (Lipinski definition) is 4. The fraction of sp³-hybridized carbons (Fsp3) is 0.421. The van der Waals surface area contributed by atoms with Crippen LogP contribution in [0.4, 0.5) is 5.69 Å². The molecule has 0 aliphatic carbocycles. The highest BCUT2D eigenvalue weighted by Crippen LogP contribution is 2.44. The Morgan fingerprint density at radius 2 is 1.66 bits per heavy atom. The molecule has 9 rings (SSSR count). The van der Waals surface area contributed by atoms with Crippen LogP contribution in [-0.2, 0) is 29.7 Å². The molecule has 7 aromatic rings. The number of nitrogens with one attached hydrogen (secondary N) is 3. The van der Waals surface area contributed by atoms with Crippen LogP contribution in [0.3, 0.4) is 0 Å². The zero-order valence-corrected chi connectivity index (χ0v) is 49.2. The lowest BCUT2D eigenvalue weighted by molar-refractivity contribution is -0.142. The van der Waals surface area contributed by atoms with Crippen molar-refractivity contribution in [3.63, 3.8) is 0 Å². The van der Waals surface area contributed by atoms with E-state index in [1.165, 1.54) is 47.0 Å². The summed E-state index contributed by atoms with van der Waals surface area (Å²) in [5.74, 6) is -0.987. The minimum absolute atomic E-state index is 0.0608. The lowest BCUT2D eigenvalue weighted by Gasteiger charge is -2.35. The van der Waals surface area contributed by atoms with Gasteiger partial charge in [-0.2, -0.15) is 4.98 Å². The van der Waals surface area contributed by atoms with Crippen molar-refractivity contribution >= 4 is 63.9 Å². The highest BCUT2D eigenvalue weighted by atomic mass is 35.5. The molecule has 0 radical (unpaired) electrons. The number of hydrogen-bond acceptors (Lipinski definition) is 16. The van der Waals surface area contributed by atoms with E-state index in [4.69, 9.17) is 37.7 Å². The molecule has 5 aromatic heterocycles. The highest BCUT2D eigenvalue weighted by molar-refractivity contribution is 7.13. The van der Waals surface area contributed by atoms with Gasteiger partial charge in [0.2, 0.25) is 17.7 Å². The average molecular weight is 1180 g/mol. The van der Waals surface area contributed by atoms with Gasteiger partial charge in [0.05, 0.1) is 71.0 Å². The van der Waals surface area contributed by atoms with E-state index in [9.17, 15) is 29.1 Å². The second kappa shape index (κ2) is 25.3. The van der Waals surface area contributed by atoms with E-state index in [1.807, 2.05) is 69.0 Å². The third kappa shape index (κ3) is 12.7. The quantitative estimate of drug-likeness (QED) is 0.0500. The predicted molar refractivity (Wildman–Crippen MR) is 310 cm³/mol. The molecule has 1 fully saturated rings. The number of likely N-dealkylation sites (tertiary alicyclic amines) is 1. The fourth-order valence-electron chi connectivity index (χ4n) is 10.5. The van der Waals surface area contributed by atoms with Crippen LogP contribution in [0.1, 0.15) is 115 Å². The predicted octanol–water partition coefficient (Wildman–Crippen LogP) is 6.97. The number of aliphatic hydroxyl groups is 1. The van der Waals surface area contributed by atoms with Crippen molar-refractivity contribution in [2.24, 2.45) is 12.5 Å². The SMILES string of the molecule is COc1ncc(-c2nc3c(n2CCCn2cc(C(=O)NCCCCCN[C@H](C(=O)N4C[C@H](O)C[C@H]4C(=O)N[C@@H](C)c4ccc(-c5scnc5C)cc4)C(C)(C)C)nn2)[C@@H](c2ccc(Cl)cc2)N(c2cc(Cl)cn(C)c2=O)C3=O)c(OC)n1. The van der Waals surface area contributed by atoms with Gasteiger partial charge in [0.15, 0.2) is 11.4 Å². The summed E-state index contributed by atoms with van der Waals surface area (Å²) >= 11 is 14.4. The van der Waals surface area contributed by atoms with E-state index < -0.39 is 41.1 Å². The van der Waals surface area contributed by atoms with Gasteiger partial charge in [0.1, 0.15) is 23.6 Å². The monoisotopic (exact) mass is 1180 g/mol. The summed E-state index contributed by atoms with van der Waals surface area (Å²) in [6.45, 7) is 11.3. The van der Waals surface area contributed by atoms with Crippen LogP contribution in [0, 0.1) is 12.3 Å². The van der Waals surface area contributed by atoms with E-state index in [2.05, 4.69) is 41.2 Å². The molecule has 4 amide bonds. The van der Waals surface area contributed by atoms with E-state index >= 15 is 0 Å². The lowest BCUT2D eigenvalue weighted by Crippen LogP contribution is -2.56. The number of carbonyl (C=O) groups is 4. The minimum Gasteiger partial charge on any atom is -0.480 e. The first-order valence-corrected chi connectivity index (χ1v) is 28.6. The van der Waals surface area contributed by atoms with Gasteiger partial charge in [0, 0.05) is 57.1 Å². The molecule has 0 saturated carbocycles. The molecular formula is C57H66Cl2N14O8S. The first kappa shape index (κ1) is 59.1. The Hall–Kier alpha value is -7.57. The van der Waals surface area contributed by atoms with Crippen LogP contribution in [0.15, 0.2) is 83.5 Å². The molecule has 0 spiro atoms. The topological polar surface area (TPSA) is 259 Å². The van der Waals surface area contributed by atoms with Crippen molar-refractivity contribution in [3.05, 3.63) is 133 Å². The number of halogens is 2. The van der Waals surface area contributed by atoms with E-state index in [-0.39, 0.29) is 77.3 Å². The third-order valence-electron chi connectivity index (χ3n) is 14.7. The highest BCUT2D eigenvalue weighted by Gasteiger charge is 2.47. The van der Waals surface area contributed by atoms with Gasteiger partial charge in [0.25, 0.3) is 17.4 Å². The summed E-state index contributed by atoms with van der Waals surface area (Å²) in [5.41, 5.74) is 5.63. The smallest absolute Gasteiger partial charge is 0.319 e. The molecule has 4 N–H and O–H groups in total. The average Bonchev–Trinajstić information content (AvgIpc) is 2.10. The molecule has 22 nitrogen and oxygen atoms in total. The molecule has 82 heavy (non-hydrogen) atoms. The molecule has 5 atom stereocenters. The van der Waals surface area contributed by atoms with Crippen LogP contribution in [0.2, 0.25) is 10.0 Å². The van der Waals surface area contributed by atoms with Crippen molar-refractivity contribution in [1.82, 2.24) is 64.9 Å². The maximum Gasteiger partial charge on any atom is 0.319 e. The summed E-state index contributed by atoms with van der Waals surface area (Å²) in [7, 11) is 4.44. The molecule has 432 valence electrons. The van der Waals surface area contributed by atoms with Gasteiger partial charge in [-0.25, -0.2) is 15.0 Å². The Morgan fingerprint density at radius 1 is 0.915 bits per heavy atom. The number of thiazole rings is 1. The number of aromatic nitrogens is 9. The molecule has 2 aliphatic rings. The minimum atomic E-state index is -0.852. The molecule has 2 aliphatic heterocycles. The van der Waals surface area contributed by atoms with Crippen molar-refractivity contribution < 1.29 is 33.8 Å². The number of rotatable bonds is 22. The molecule has 7 heterocycles. The summed E-state index contributed by atoms with van der Waals surface area (Å²) in [5, 5.41) is 29.3. The number of ether oxygens (including phenoxy) is 2. The van der Waals surface area contributed by atoms with E-state index in [1.54, 1.807) is 53.5 Å². The number of unbranched alkanes of at least 4 members (excludes halogenated alkanes) is 2. The molecular weight excluding hydrogens is 1110 g/mol. The number of benzene rings is 2. The van der Waals surface area contributed by atoms with Gasteiger partial charge in [-0.3, -0.25) is 33.6 Å². The van der Waals surface area contributed by atoms with Crippen LogP contribution in [0.5, 0.6) is 11.9 Å². The number of fused-ring (bicyclic) bond motifs is 1. The molecule has 0 unspecified atom stereocenters. The van der Waals surface area contributed by atoms with Crippen molar-refractivity contribution in [1.29, 1.82) is 0 Å². The fourth-order valence-corrected chi connectivity index (χ4v) is 11.7. The number of carbonyl (C=O) groups excluding carboxylic acids is 4. The maximum atomic E-state index is 14.7. The summed E-state index contributed by atoms with van der Waals surface area (Å²) < 4.78 is 15.7. The van der Waals surface area contributed by atoms with Gasteiger partial charge in [-0.1, -0.05) is 92.0 Å². The third-order valence-corrected chi connectivity index (χ3v) is 16.1. The van der Waals surface area contributed by atoms with Crippen LogP contribution in [-0.4, -0.2) is 130 Å². The standard InChI is InChI=1S/C57H66Cl2N14O8S/c1-32(34-13-15-36(16-14-34)47-33(2)63-31-82-47)64-51(76)42-26-39(74)29-72(42)55(79)48(57(3,4)5)60-21-10-9-11-22-61-50(75)41-30-70(68-67-41)23-12-24-71-46-44(65-49(71)40-27-62-56(81-8)66-52(40)80-7)54(78)73(43-25-38(59)28-69(6)53(43)77)45(46)35-17-19-37(58)20-18-35/h13-20,25,27-28,30-32,39,42,45,48,60,74H,9-12,21-24,26,29H2,1-8H3,(H,61,75)(H,64,76)/t32-,39+,42-,45+,48+/m0/s1. The zero-order chi connectivity index (χ0) is 58.6. The Morgan fingerprint density at radius 3 is 2.35 bits per heavy atom. The molecule has 0 bridgehead atoms. The van der Waals surface area contributed by atoms with E-state index in [0.717, 1.165) is 28.1 Å². The number of pyridine rings is 1. The lowest BCUT2D eigenvalue weighted by atomic mass is 9.85. The number of nitrogens with zero attached hydrogens (tertiary/aromatic N) is 11. The summed E-state index contributed by atoms with van der Waals surface area (Å²) in [6.07, 6.45) is 6.39. The number of β-amino-alcohol motifs (C(OH)–C–C–N with tert-alkyl or cyclic N) is 1. The number of imidazole rings is 1. The maximum absolute atomic E-state index is 14.7. The van der Waals surface area contributed by atoms with Gasteiger partial charge in [-0.15, -0.1) is 16.4 Å².